The predicted molar refractivity (Wildman–Crippen MR) is 61.4 cm³/mol. The van der Waals surface area contributed by atoms with Crippen LogP contribution in [-0.2, 0) is 6.54 Å². The van der Waals surface area contributed by atoms with Crippen molar-refractivity contribution in [2.75, 3.05) is 6.26 Å². The molecule has 3 heteroatoms. The van der Waals surface area contributed by atoms with E-state index in [1.54, 1.807) is 11.8 Å². The van der Waals surface area contributed by atoms with Gasteiger partial charge in [-0.05, 0) is 17.9 Å². The van der Waals surface area contributed by atoms with Gasteiger partial charge >= 0.3 is 0 Å². The van der Waals surface area contributed by atoms with Crippen LogP contribution >= 0.6 is 11.8 Å². The smallest absolute Gasteiger partial charge is 0.0713 e. The highest BCUT2D eigenvalue weighted by atomic mass is 32.2. The van der Waals surface area contributed by atoms with E-state index in [-0.39, 0.29) is 0 Å². The van der Waals surface area contributed by atoms with E-state index in [1.807, 2.05) is 24.4 Å². The van der Waals surface area contributed by atoms with Gasteiger partial charge in [-0.25, -0.2) is 0 Å². The lowest BCUT2D eigenvalue weighted by Gasteiger charge is -2.07. The van der Waals surface area contributed by atoms with Crippen LogP contribution in [0.4, 0.5) is 0 Å². The van der Waals surface area contributed by atoms with Gasteiger partial charge in [-0.3, -0.25) is 4.98 Å². The second kappa shape index (κ2) is 3.98. The number of thioether (sulfide) groups is 1. The summed E-state index contributed by atoms with van der Waals surface area (Å²) in [6, 6.07) is 8.15. The zero-order chi connectivity index (χ0) is 9.97. The largest absolute Gasteiger partial charge is 0.326 e. The molecule has 2 aromatic rings. The van der Waals surface area contributed by atoms with Gasteiger partial charge < -0.3 is 5.73 Å². The zero-order valence-electron chi connectivity index (χ0n) is 8.03. The van der Waals surface area contributed by atoms with Crippen LogP contribution in [0.3, 0.4) is 0 Å². The summed E-state index contributed by atoms with van der Waals surface area (Å²) in [5.74, 6) is 0. The van der Waals surface area contributed by atoms with E-state index >= 15 is 0 Å². The Bertz CT molecular complexity index is 454. The lowest BCUT2D eigenvalue weighted by Crippen LogP contribution is -1.99. The molecule has 0 radical (unpaired) electrons. The first-order chi connectivity index (χ1) is 6.86. The molecule has 0 aliphatic carbocycles. The number of benzene rings is 1. The van der Waals surface area contributed by atoms with Crippen molar-refractivity contribution in [3.05, 3.63) is 36.0 Å². The molecule has 0 amide bonds. The summed E-state index contributed by atoms with van der Waals surface area (Å²) in [7, 11) is 0. The van der Waals surface area contributed by atoms with E-state index in [9.17, 15) is 0 Å². The Morgan fingerprint density at radius 1 is 1.36 bits per heavy atom. The van der Waals surface area contributed by atoms with Gasteiger partial charge in [-0.15, -0.1) is 11.8 Å². The van der Waals surface area contributed by atoms with Crippen molar-refractivity contribution in [1.82, 2.24) is 4.98 Å². The highest BCUT2D eigenvalue weighted by Crippen LogP contribution is 2.28. The van der Waals surface area contributed by atoms with Crippen molar-refractivity contribution < 1.29 is 0 Å². The fourth-order valence-electron chi connectivity index (χ4n) is 1.54. The van der Waals surface area contributed by atoms with E-state index in [1.165, 1.54) is 10.3 Å². The molecule has 0 fully saturated rings. The molecule has 72 valence electrons. The Hall–Kier alpha value is -1.06. The number of hydrogen-bond acceptors (Lipinski definition) is 3. The molecule has 14 heavy (non-hydrogen) atoms. The van der Waals surface area contributed by atoms with Gasteiger partial charge in [-0.1, -0.05) is 18.2 Å². The van der Waals surface area contributed by atoms with Crippen molar-refractivity contribution in [2.45, 2.75) is 11.4 Å². The van der Waals surface area contributed by atoms with Crippen LogP contribution < -0.4 is 5.73 Å². The second-order valence-electron chi connectivity index (χ2n) is 3.04. The van der Waals surface area contributed by atoms with Crippen molar-refractivity contribution in [3.63, 3.8) is 0 Å². The molecule has 2 rings (SSSR count). The lowest BCUT2D eigenvalue weighted by atomic mass is 10.1. The van der Waals surface area contributed by atoms with E-state index in [0.717, 1.165) is 11.1 Å². The Kier molecular flexibility index (Phi) is 2.70. The van der Waals surface area contributed by atoms with Crippen molar-refractivity contribution in [2.24, 2.45) is 5.73 Å². The average molecular weight is 204 g/mol. The zero-order valence-corrected chi connectivity index (χ0v) is 8.84. The number of nitrogens with two attached hydrogens (primary N) is 1. The Morgan fingerprint density at radius 3 is 2.86 bits per heavy atom. The van der Waals surface area contributed by atoms with Crippen LogP contribution in [0.15, 0.2) is 35.4 Å². The molecule has 0 saturated carbocycles. The maximum atomic E-state index is 5.66. The van der Waals surface area contributed by atoms with Gasteiger partial charge in [0.2, 0.25) is 0 Å². The van der Waals surface area contributed by atoms with E-state index in [2.05, 4.69) is 17.3 Å². The molecule has 2 nitrogen and oxygen atoms in total. The molecule has 1 aromatic carbocycles. The number of aromatic nitrogens is 1. The Morgan fingerprint density at radius 2 is 2.14 bits per heavy atom. The topological polar surface area (TPSA) is 38.9 Å². The number of fused-ring (bicyclic) bond motifs is 1. The number of pyridine rings is 1. The van der Waals surface area contributed by atoms with Crippen LogP contribution in [0.2, 0.25) is 0 Å². The molecule has 0 saturated heterocycles. The summed E-state index contributed by atoms with van der Waals surface area (Å²) in [6.07, 6.45) is 3.94. The first kappa shape index (κ1) is 9.49. The molecule has 0 atom stereocenters. The van der Waals surface area contributed by atoms with Crippen molar-refractivity contribution >= 4 is 22.7 Å². The third-order valence-corrected chi connectivity index (χ3v) is 3.11. The van der Waals surface area contributed by atoms with Crippen LogP contribution in [0, 0.1) is 0 Å². The molecular formula is C11H12N2S. The van der Waals surface area contributed by atoms with Crippen LogP contribution in [0.5, 0.6) is 0 Å². The Labute approximate surface area is 87.5 Å². The molecule has 0 aliphatic heterocycles. The normalized spacial score (nSPS) is 10.7. The third-order valence-electron chi connectivity index (χ3n) is 2.22. The number of hydrogen-bond donors (Lipinski definition) is 1. The van der Waals surface area contributed by atoms with Crippen LogP contribution in [0.1, 0.15) is 5.56 Å². The predicted octanol–water partition coefficient (Wildman–Crippen LogP) is 2.42. The monoisotopic (exact) mass is 204 g/mol. The Balaban J connectivity index is 2.77. The minimum absolute atomic E-state index is 0.550. The van der Waals surface area contributed by atoms with Crippen LogP contribution in [-0.4, -0.2) is 11.2 Å². The quantitative estimate of drug-likeness (QED) is 0.763. The SMILES string of the molecule is CSc1c(CN)cnc2ccccc12. The first-order valence-corrected chi connectivity index (χ1v) is 5.70. The molecule has 0 spiro atoms. The number of para-hydroxylation sites is 1. The summed E-state index contributed by atoms with van der Waals surface area (Å²) < 4.78 is 0. The standard InChI is InChI=1S/C11H12N2S/c1-14-11-8(6-12)7-13-10-5-3-2-4-9(10)11/h2-5,7H,6,12H2,1H3. The van der Waals surface area contributed by atoms with Gasteiger partial charge in [0.05, 0.1) is 5.52 Å². The van der Waals surface area contributed by atoms with Gasteiger partial charge in [-0.2, -0.15) is 0 Å². The molecule has 0 unspecified atom stereocenters. The summed E-state index contributed by atoms with van der Waals surface area (Å²) >= 11 is 1.73. The van der Waals surface area contributed by atoms with Crippen molar-refractivity contribution in [3.8, 4) is 0 Å². The minimum Gasteiger partial charge on any atom is -0.326 e. The summed E-state index contributed by atoms with van der Waals surface area (Å²) in [5, 5.41) is 1.20. The van der Waals surface area contributed by atoms with Crippen molar-refractivity contribution in [1.29, 1.82) is 0 Å². The molecular weight excluding hydrogens is 192 g/mol. The highest BCUT2D eigenvalue weighted by molar-refractivity contribution is 7.98. The van der Waals surface area contributed by atoms with E-state index in [4.69, 9.17) is 5.73 Å². The lowest BCUT2D eigenvalue weighted by molar-refractivity contribution is 1.02. The first-order valence-electron chi connectivity index (χ1n) is 4.47. The van der Waals surface area contributed by atoms with E-state index in [0.29, 0.717) is 6.54 Å². The summed E-state index contributed by atoms with van der Waals surface area (Å²) in [5.41, 5.74) is 7.82. The fourth-order valence-corrected chi connectivity index (χ4v) is 2.33. The van der Waals surface area contributed by atoms with E-state index < -0.39 is 0 Å². The molecule has 2 N–H and O–H groups in total. The number of nitrogens with zero attached hydrogens (tertiary/aromatic N) is 1. The van der Waals surface area contributed by atoms with Crippen LogP contribution in [0.25, 0.3) is 10.9 Å². The fraction of sp³-hybridized carbons (Fsp3) is 0.182. The maximum Gasteiger partial charge on any atom is 0.0713 e. The molecule has 1 aromatic heterocycles. The molecule has 1 heterocycles. The van der Waals surface area contributed by atoms with Gasteiger partial charge in [0.1, 0.15) is 0 Å². The average Bonchev–Trinajstić information content (AvgIpc) is 2.27. The minimum atomic E-state index is 0.550. The van der Waals surface area contributed by atoms with Gasteiger partial charge in [0, 0.05) is 23.0 Å². The second-order valence-corrected chi connectivity index (χ2v) is 3.85. The molecule has 0 aliphatic rings. The highest BCUT2D eigenvalue weighted by Gasteiger charge is 2.05. The van der Waals surface area contributed by atoms with Gasteiger partial charge in [0.15, 0.2) is 0 Å². The molecule has 0 bridgehead atoms. The summed E-state index contributed by atoms with van der Waals surface area (Å²) in [6.45, 7) is 0.550. The van der Waals surface area contributed by atoms with Gasteiger partial charge in [0.25, 0.3) is 0 Å². The third kappa shape index (κ3) is 1.49. The number of rotatable bonds is 2. The maximum absolute atomic E-state index is 5.66. The summed E-state index contributed by atoms with van der Waals surface area (Å²) in [4.78, 5) is 5.62.